The summed E-state index contributed by atoms with van der Waals surface area (Å²) in [5, 5.41) is 7.44. The molecule has 138 valence electrons. The molecule has 26 heavy (non-hydrogen) atoms. The Morgan fingerprint density at radius 1 is 1.08 bits per heavy atom. The smallest absolute Gasteiger partial charge is 0.248 e. The van der Waals surface area contributed by atoms with Gasteiger partial charge < -0.3 is 0 Å². The van der Waals surface area contributed by atoms with Gasteiger partial charge in [-0.2, -0.15) is 0 Å². The maximum atomic E-state index is 12.8. The van der Waals surface area contributed by atoms with E-state index in [2.05, 4.69) is 32.4 Å². The summed E-state index contributed by atoms with van der Waals surface area (Å²) in [4.78, 5) is 19.3. The number of anilines is 1. The number of nitrogens with zero attached hydrogens (tertiary/aromatic N) is 4. The third kappa shape index (κ3) is 3.96. The van der Waals surface area contributed by atoms with Gasteiger partial charge in [0.1, 0.15) is 6.33 Å². The zero-order valence-electron chi connectivity index (χ0n) is 15.2. The van der Waals surface area contributed by atoms with E-state index in [1.807, 2.05) is 22.9 Å². The Balaban J connectivity index is 1.37. The Bertz CT molecular complexity index is 723. The highest BCUT2D eigenvalue weighted by Gasteiger charge is 2.31. The number of hydrogen-bond acceptors (Lipinski definition) is 4. The molecule has 1 saturated carbocycles. The maximum absolute atomic E-state index is 12.8. The predicted molar refractivity (Wildman–Crippen MR) is 101 cm³/mol. The molecular formula is C20H27N5O. The summed E-state index contributed by atoms with van der Waals surface area (Å²) in [7, 11) is 0. The van der Waals surface area contributed by atoms with Gasteiger partial charge in [0.05, 0.1) is 12.1 Å². The van der Waals surface area contributed by atoms with E-state index in [-0.39, 0.29) is 11.9 Å². The van der Waals surface area contributed by atoms with Gasteiger partial charge in [-0.3, -0.25) is 15.0 Å². The van der Waals surface area contributed by atoms with Gasteiger partial charge in [0, 0.05) is 6.54 Å². The summed E-state index contributed by atoms with van der Waals surface area (Å²) in [6.45, 7) is 1.76. The molecule has 2 aliphatic rings. The molecule has 1 saturated heterocycles. The number of benzene rings is 1. The monoisotopic (exact) mass is 353 g/mol. The van der Waals surface area contributed by atoms with Crippen LogP contribution >= 0.6 is 0 Å². The summed E-state index contributed by atoms with van der Waals surface area (Å²) >= 11 is 0. The summed E-state index contributed by atoms with van der Waals surface area (Å²) in [6, 6.07) is 10.7. The second kappa shape index (κ2) is 7.99. The SMILES string of the molecule is O=C(Nc1ncn(C2CCCCC2)n1)C1CCCN1Cc1ccccc1. The van der Waals surface area contributed by atoms with E-state index in [1.165, 1.54) is 24.8 Å². The number of aromatic nitrogens is 3. The van der Waals surface area contributed by atoms with Crippen LogP contribution in [0.15, 0.2) is 36.7 Å². The molecule has 1 aromatic carbocycles. The van der Waals surface area contributed by atoms with Crippen LogP contribution in [0.2, 0.25) is 0 Å². The van der Waals surface area contributed by atoms with Crippen LogP contribution in [0.3, 0.4) is 0 Å². The van der Waals surface area contributed by atoms with Crippen molar-refractivity contribution in [3.05, 3.63) is 42.2 Å². The predicted octanol–water partition coefficient (Wildman–Crippen LogP) is 3.39. The summed E-state index contributed by atoms with van der Waals surface area (Å²) in [5.74, 6) is 0.451. The molecule has 1 aliphatic carbocycles. The molecule has 2 aromatic rings. The first kappa shape index (κ1) is 17.2. The van der Waals surface area contributed by atoms with Crippen LogP contribution in [0.5, 0.6) is 0 Å². The van der Waals surface area contributed by atoms with Crippen molar-refractivity contribution in [2.45, 2.75) is 63.6 Å². The highest BCUT2D eigenvalue weighted by Crippen LogP contribution is 2.27. The van der Waals surface area contributed by atoms with E-state index in [9.17, 15) is 4.79 Å². The van der Waals surface area contributed by atoms with Crippen molar-refractivity contribution in [2.75, 3.05) is 11.9 Å². The van der Waals surface area contributed by atoms with Crippen molar-refractivity contribution in [1.29, 1.82) is 0 Å². The van der Waals surface area contributed by atoms with Gasteiger partial charge in [-0.15, -0.1) is 5.10 Å². The van der Waals surface area contributed by atoms with Gasteiger partial charge in [0.25, 0.3) is 0 Å². The number of carbonyl (C=O) groups excluding carboxylic acids is 1. The van der Waals surface area contributed by atoms with Crippen molar-refractivity contribution in [3.63, 3.8) is 0 Å². The van der Waals surface area contributed by atoms with Crippen LogP contribution in [0.4, 0.5) is 5.95 Å². The lowest BCUT2D eigenvalue weighted by atomic mass is 9.96. The van der Waals surface area contributed by atoms with Crippen LogP contribution in [0.1, 0.15) is 56.6 Å². The average Bonchev–Trinajstić information content (AvgIpc) is 3.33. The molecule has 1 aromatic heterocycles. The van der Waals surface area contributed by atoms with E-state index in [0.717, 1.165) is 38.8 Å². The van der Waals surface area contributed by atoms with Gasteiger partial charge >= 0.3 is 0 Å². The molecule has 1 aliphatic heterocycles. The molecule has 1 atom stereocenters. The highest BCUT2D eigenvalue weighted by atomic mass is 16.2. The highest BCUT2D eigenvalue weighted by molar-refractivity contribution is 5.93. The molecule has 0 radical (unpaired) electrons. The van der Waals surface area contributed by atoms with Gasteiger partial charge in [-0.05, 0) is 37.8 Å². The van der Waals surface area contributed by atoms with Crippen LogP contribution in [-0.4, -0.2) is 38.2 Å². The van der Waals surface area contributed by atoms with Crippen LogP contribution in [0, 0.1) is 0 Å². The Labute approximate surface area is 154 Å². The number of hydrogen-bond donors (Lipinski definition) is 1. The second-order valence-electron chi connectivity index (χ2n) is 7.44. The molecule has 0 bridgehead atoms. The van der Waals surface area contributed by atoms with Crippen molar-refractivity contribution in [2.24, 2.45) is 0 Å². The minimum absolute atomic E-state index is 0.0137. The number of amides is 1. The second-order valence-corrected chi connectivity index (χ2v) is 7.44. The van der Waals surface area contributed by atoms with Gasteiger partial charge in [-0.25, -0.2) is 9.67 Å². The van der Waals surface area contributed by atoms with Gasteiger partial charge in [-0.1, -0.05) is 49.6 Å². The Morgan fingerprint density at radius 3 is 2.69 bits per heavy atom. The third-order valence-corrected chi connectivity index (χ3v) is 5.59. The van der Waals surface area contributed by atoms with Crippen molar-refractivity contribution < 1.29 is 4.79 Å². The molecule has 6 nitrogen and oxygen atoms in total. The van der Waals surface area contributed by atoms with Crippen molar-refractivity contribution in [1.82, 2.24) is 19.7 Å². The number of rotatable bonds is 5. The molecule has 6 heteroatoms. The summed E-state index contributed by atoms with van der Waals surface area (Å²) in [5.41, 5.74) is 1.24. The Kier molecular flexibility index (Phi) is 5.29. The fourth-order valence-corrected chi connectivity index (χ4v) is 4.18. The fraction of sp³-hybridized carbons (Fsp3) is 0.550. The first-order valence-corrected chi connectivity index (χ1v) is 9.79. The van der Waals surface area contributed by atoms with E-state index < -0.39 is 0 Å². The number of likely N-dealkylation sites (tertiary alicyclic amines) is 1. The van der Waals surface area contributed by atoms with E-state index in [1.54, 1.807) is 6.33 Å². The molecule has 1 N–H and O–H groups in total. The molecule has 4 rings (SSSR count). The Hall–Kier alpha value is -2.21. The average molecular weight is 353 g/mol. The standard InChI is InChI=1S/C20H27N5O/c26-19(18-12-7-13-24(18)14-16-8-3-1-4-9-16)22-20-21-15-25(23-20)17-10-5-2-6-11-17/h1,3-4,8-9,15,17-18H,2,5-7,10-14H2,(H,22,23,26). The minimum Gasteiger partial charge on any atom is -0.292 e. The lowest BCUT2D eigenvalue weighted by Gasteiger charge is -2.23. The molecule has 1 amide bonds. The van der Waals surface area contributed by atoms with E-state index in [0.29, 0.717) is 12.0 Å². The summed E-state index contributed by atoms with van der Waals surface area (Å²) in [6.07, 6.45) is 9.84. The topological polar surface area (TPSA) is 63.1 Å². The molecule has 2 heterocycles. The quantitative estimate of drug-likeness (QED) is 0.895. The largest absolute Gasteiger partial charge is 0.292 e. The first-order valence-electron chi connectivity index (χ1n) is 9.79. The van der Waals surface area contributed by atoms with Crippen molar-refractivity contribution in [3.8, 4) is 0 Å². The minimum atomic E-state index is -0.100. The van der Waals surface area contributed by atoms with Crippen molar-refractivity contribution >= 4 is 11.9 Å². The normalized spacial score (nSPS) is 21.8. The van der Waals surface area contributed by atoms with E-state index in [4.69, 9.17) is 0 Å². The van der Waals surface area contributed by atoms with E-state index >= 15 is 0 Å². The van der Waals surface area contributed by atoms with Crippen LogP contribution in [-0.2, 0) is 11.3 Å². The Morgan fingerprint density at radius 2 is 1.88 bits per heavy atom. The molecular weight excluding hydrogens is 326 g/mol. The van der Waals surface area contributed by atoms with Crippen LogP contribution in [0.25, 0.3) is 0 Å². The fourth-order valence-electron chi connectivity index (χ4n) is 4.18. The zero-order chi connectivity index (χ0) is 17.8. The summed E-state index contributed by atoms with van der Waals surface area (Å²) < 4.78 is 1.94. The molecule has 0 spiro atoms. The first-order chi connectivity index (χ1) is 12.8. The zero-order valence-corrected chi connectivity index (χ0v) is 15.2. The lowest BCUT2D eigenvalue weighted by Crippen LogP contribution is -2.39. The molecule has 2 fully saturated rings. The molecule has 1 unspecified atom stereocenters. The maximum Gasteiger partial charge on any atom is 0.248 e. The van der Waals surface area contributed by atoms with Gasteiger partial charge in [0.15, 0.2) is 0 Å². The third-order valence-electron chi connectivity index (χ3n) is 5.59. The lowest BCUT2D eigenvalue weighted by molar-refractivity contribution is -0.120. The number of nitrogens with one attached hydrogen (secondary N) is 1. The van der Waals surface area contributed by atoms with Crippen LogP contribution < -0.4 is 5.32 Å². The number of carbonyl (C=O) groups is 1. The van der Waals surface area contributed by atoms with Gasteiger partial charge in [0.2, 0.25) is 11.9 Å².